The van der Waals surface area contributed by atoms with Gasteiger partial charge in [-0.15, -0.1) is 0 Å². The van der Waals surface area contributed by atoms with Gasteiger partial charge < -0.3 is 5.73 Å². The Balaban J connectivity index is 2.92. The molecule has 0 saturated carbocycles. The van der Waals surface area contributed by atoms with Gasteiger partial charge in [-0.1, -0.05) is 38.5 Å². The highest BCUT2D eigenvalue weighted by Gasteiger charge is 2.30. The molecule has 2 N–H and O–H groups in total. The largest absolute Gasteiger partial charge is 0.330 e. The second-order valence-electron chi connectivity index (χ2n) is 4.56. The average Bonchev–Trinajstić information content (AvgIpc) is 2.29. The molecule has 0 aromatic heterocycles. The quantitative estimate of drug-likeness (QED) is 0.799. The third kappa shape index (κ3) is 3.77. The molecule has 0 saturated heterocycles. The fourth-order valence-electron chi connectivity index (χ4n) is 1.95. The van der Waals surface area contributed by atoms with Crippen LogP contribution in [0.1, 0.15) is 50.2 Å². The molecule has 0 spiro atoms. The Morgan fingerprint density at radius 2 is 2.06 bits per heavy atom. The van der Waals surface area contributed by atoms with Crippen LogP contribution in [0.5, 0.6) is 0 Å². The van der Waals surface area contributed by atoms with Crippen molar-refractivity contribution in [2.45, 2.75) is 45.0 Å². The highest BCUT2D eigenvalue weighted by atomic mass is 19.3. The number of nitrogens with two attached hydrogens (primary N) is 1. The number of hydrogen-bond donors (Lipinski definition) is 1. The van der Waals surface area contributed by atoms with E-state index in [0.717, 1.165) is 12.0 Å². The van der Waals surface area contributed by atoms with E-state index in [1.165, 1.54) is 6.07 Å². The third-order valence-corrected chi connectivity index (χ3v) is 3.04. The molecule has 0 aliphatic rings. The maximum Gasteiger partial charge on any atom is 0.273 e. The standard InChI is InChI=1S/C14H21F2N/c1-3-8-14(15,16)13-6-4-5-12(10-13)11(2)7-9-17/h4-6,10-11H,3,7-9,17H2,1-2H3. The lowest BCUT2D eigenvalue weighted by atomic mass is 9.93. The average molecular weight is 241 g/mol. The van der Waals surface area contributed by atoms with Crippen LogP contribution >= 0.6 is 0 Å². The number of rotatable bonds is 6. The fourth-order valence-corrected chi connectivity index (χ4v) is 1.95. The van der Waals surface area contributed by atoms with Crippen LogP contribution in [0.3, 0.4) is 0 Å². The molecule has 0 bridgehead atoms. The van der Waals surface area contributed by atoms with Gasteiger partial charge in [0.05, 0.1) is 0 Å². The van der Waals surface area contributed by atoms with E-state index in [4.69, 9.17) is 5.73 Å². The second-order valence-corrected chi connectivity index (χ2v) is 4.56. The summed E-state index contributed by atoms with van der Waals surface area (Å²) in [4.78, 5) is 0. The van der Waals surface area contributed by atoms with Crippen LogP contribution in [0, 0.1) is 0 Å². The topological polar surface area (TPSA) is 26.0 Å². The highest BCUT2D eigenvalue weighted by Crippen LogP contribution is 2.34. The molecule has 1 nitrogen and oxygen atoms in total. The molecule has 0 heterocycles. The first-order valence-electron chi connectivity index (χ1n) is 6.19. The summed E-state index contributed by atoms with van der Waals surface area (Å²) in [5.74, 6) is -2.48. The zero-order chi connectivity index (χ0) is 12.9. The van der Waals surface area contributed by atoms with Crippen LogP contribution in [-0.4, -0.2) is 6.54 Å². The molecule has 0 radical (unpaired) electrons. The number of halogens is 2. The third-order valence-electron chi connectivity index (χ3n) is 3.04. The summed E-state index contributed by atoms with van der Waals surface area (Å²) >= 11 is 0. The molecular weight excluding hydrogens is 220 g/mol. The molecule has 1 aromatic rings. The van der Waals surface area contributed by atoms with Gasteiger partial charge in [-0.3, -0.25) is 0 Å². The molecule has 0 aliphatic heterocycles. The molecule has 0 aliphatic carbocycles. The van der Waals surface area contributed by atoms with E-state index in [0.29, 0.717) is 13.0 Å². The van der Waals surface area contributed by atoms with Crippen LogP contribution in [0.15, 0.2) is 24.3 Å². The van der Waals surface area contributed by atoms with Gasteiger partial charge >= 0.3 is 0 Å². The highest BCUT2D eigenvalue weighted by molar-refractivity contribution is 5.29. The molecule has 3 heteroatoms. The smallest absolute Gasteiger partial charge is 0.273 e. The Bertz CT molecular complexity index is 350. The van der Waals surface area contributed by atoms with Crippen LogP contribution in [0.4, 0.5) is 8.78 Å². The second kappa shape index (κ2) is 6.10. The van der Waals surface area contributed by atoms with E-state index >= 15 is 0 Å². The van der Waals surface area contributed by atoms with E-state index in [1.54, 1.807) is 19.1 Å². The normalized spacial score (nSPS) is 13.7. The zero-order valence-corrected chi connectivity index (χ0v) is 10.5. The first-order valence-corrected chi connectivity index (χ1v) is 6.19. The molecule has 0 amide bonds. The number of hydrogen-bond acceptors (Lipinski definition) is 1. The van der Waals surface area contributed by atoms with Gasteiger partial charge in [-0.2, -0.15) is 0 Å². The maximum absolute atomic E-state index is 13.8. The summed E-state index contributed by atoms with van der Waals surface area (Å²) in [6, 6.07) is 6.73. The van der Waals surface area contributed by atoms with Gasteiger partial charge in [0.2, 0.25) is 0 Å². The maximum atomic E-state index is 13.8. The van der Waals surface area contributed by atoms with Crippen molar-refractivity contribution in [3.05, 3.63) is 35.4 Å². The Kier molecular flexibility index (Phi) is 5.06. The minimum absolute atomic E-state index is 0.0955. The van der Waals surface area contributed by atoms with Gasteiger partial charge in [0, 0.05) is 12.0 Å². The first kappa shape index (κ1) is 14.1. The van der Waals surface area contributed by atoms with Crippen LogP contribution in [-0.2, 0) is 5.92 Å². The molecule has 96 valence electrons. The van der Waals surface area contributed by atoms with Crippen LogP contribution in [0.2, 0.25) is 0 Å². The summed E-state index contributed by atoms with van der Waals surface area (Å²) < 4.78 is 27.5. The Morgan fingerprint density at radius 3 is 2.65 bits per heavy atom. The number of alkyl halides is 2. The Morgan fingerprint density at radius 1 is 1.35 bits per heavy atom. The van der Waals surface area contributed by atoms with E-state index < -0.39 is 5.92 Å². The molecule has 17 heavy (non-hydrogen) atoms. The monoisotopic (exact) mass is 241 g/mol. The van der Waals surface area contributed by atoms with Crippen LogP contribution < -0.4 is 5.73 Å². The predicted molar refractivity (Wildman–Crippen MR) is 67.3 cm³/mol. The van der Waals surface area contributed by atoms with E-state index in [-0.39, 0.29) is 17.9 Å². The van der Waals surface area contributed by atoms with Gasteiger partial charge in [0.1, 0.15) is 0 Å². The van der Waals surface area contributed by atoms with Crippen molar-refractivity contribution in [2.24, 2.45) is 5.73 Å². The van der Waals surface area contributed by atoms with Crippen molar-refractivity contribution in [1.29, 1.82) is 0 Å². The van der Waals surface area contributed by atoms with E-state index in [1.807, 2.05) is 13.0 Å². The lowest BCUT2D eigenvalue weighted by molar-refractivity contribution is -0.0141. The van der Waals surface area contributed by atoms with Crippen molar-refractivity contribution in [2.75, 3.05) is 6.54 Å². The summed E-state index contributed by atoms with van der Waals surface area (Å²) in [5, 5.41) is 0. The lowest BCUT2D eigenvalue weighted by Crippen LogP contribution is -2.13. The van der Waals surface area contributed by atoms with E-state index in [9.17, 15) is 8.78 Å². The fraction of sp³-hybridized carbons (Fsp3) is 0.571. The number of benzene rings is 1. The lowest BCUT2D eigenvalue weighted by Gasteiger charge is -2.18. The molecular formula is C14H21F2N. The Hall–Kier alpha value is -0.960. The van der Waals surface area contributed by atoms with Gasteiger partial charge in [-0.05, 0) is 30.5 Å². The summed E-state index contributed by atoms with van der Waals surface area (Å²) in [6.45, 7) is 4.37. The molecule has 1 aromatic carbocycles. The van der Waals surface area contributed by atoms with Crippen molar-refractivity contribution in [3.8, 4) is 0 Å². The molecule has 1 unspecified atom stereocenters. The Labute approximate surface area is 102 Å². The summed E-state index contributed by atoms with van der Waals surface area (Å²) in [5.41, 5.74) is 6.56. The minimum atomic E-state index is -2.72. The SMILES string of the molecule is CCCC(F)(F)c1cccc(C(C)CCN)c1. The first-order chi connectivity index (χ1) is 8.01. The molecule has 0 fully saturated rings. The molecule has 1 atom stereocenters. The van der Waals surface area contributed by atoms with Crippen molar-refractivity contribution < 1.29 is 8.78 Å². The zero-order valence-electron chi connectivity index (χ0n) is 10.5. The van der Waals surface area contributed by atoms with Crippen molar-refractivity contribution in [3.63, 3.8) is 0 Å². The van der Waals surface area contributed by atoms with E-state index in [2.05, 4.69) is 0 Å². The van der Waals surface area contributed by atoms with Crippen molar-refractivity contribution in [1.82, 2.24) is 0 Å². The van der Waals surface area contributed by atoms with Crippen molar-refractivity contribution >= 4 is 0 Å². The summed E-state index contributed by atoms with van der Waals surface area (Å²) in [7, 11) is 0. The molecule has 1 rings (SSSR count). The summed E-state index contributed by atoms with van der Waals surface area (Å²) in [6.07, 6.45) is 1.21. The van der Waals surface area contributed by atoms with Crippen LogP contribution in [0.25, 0.3) is 0 Å². The predicted octanol–water partition coefficient (Wildman–Crippen LogP) is 4.03. The van der Waals surface area contributed by atoms with Gasteiger partial charge in [-0.25, -0.2) is 8.78 Å². The van der Waals surface area contributed by atoms with Gasteiger partial charge in [0.25, 0.3) is 5.92 Å². The van der Waals surface area contributed by atoms with Gasteiger partial charge in [0.15, 0.2) is 0 Å². The minimum Gasteiger partial charge on any atom is -0.330 e.